The number of benzene rings is 1. The highest BCUT2D eigenvalue weighted by atomic mass is 16.5. The van der Waals surface area contributed by atoms with Crippen LogP contribution in [-0.4, -0.2) is 7.11 Å². The molecule has 16 heavy (non-hydrogen) atoms. The van der Waals surface area contributed by atoms with E-state index in [0.29, 0.717) is 0 Å². The molecule has 2 nitrogen and oxygen atoms in total. The number of ether oxygens (including phenoxy) is 1. The molecule has 1 aromatic carbocycles. The zero-order valence-electron chi connectivity index (χ0n) is 9.90. The molecule has 0 amide bonds. The van der Waals surface area contributed by atoms with Crippen molar-refractivity contribution < 1.29 is 9.30 Å². The molecule has 1 heterocycles. The highest BCUT2D eigenvalue weighted by Crippen LogP contribution is 2.26. The molecule has 0 N–H and O–H groups in total. The highest BCUT2D eigenvalue weighted by molar-refractivity contribution is 5.64. The molecular weight excluding hydrogens is 198 g/mol. The van der Waals surface area contributed by atoms with E-state index in [0.717, 1.165) is 17.0 Å². The summed E-state index contributed by atoms with van der Waals surface area (Å²) >= 11 is 0. The lowest BCUT2D eigenvalue weighted by molar-refractivity contribution is -0.666. The van der Waals surface area contributed by atoms with Gasteiger partial charge in [0.2, 0.25) is 5.69 Å². The van der Waals surface area contributed by atoms with Gasteiger partial charge in [0, 0.05) is 19.1 Å². The number of aryl methyl sites for hydroxylation is 1. The first-order valence-electron chi connectivity index (χ1n) is 5.33. The molecule has 2 heteroatoms. The van der Waals surface area contributed by atoms with E-state index in [2.05, 4.69) is 42.8 Å². The first kappa shape index (κ1) is 10.7. The van der Waals surface area contributed by atoms with E-state index in [9.17, 15) is 0 Å². The van der Waals surface area contributed by atoms with Crippen molar-refractivity contribution in [2.75, 3.05) is 7.11 Å². The van der Waals surface area contributed by atoms with Crippen LogP contribution in [0.15, 0.2) is 42.5 Å². The second-order valence-electron chi connectivity index (χ2n) is 3.81. The van der Waals surface area contributed by atoms with Crippen LogP contribution in [0.3, 0.4) is 0 Å². The number of nitrogens with zero attached hydrogens (tertiary/aromatic N) is 1. The number of hydrogen-bond donors (Lipinski definition) is 0. The molecule has 0 aliphatic rings. The van der Waals surface area contributed by atoms with Crippen molar-refractivity contribution in [2.45, 2.75) is 6.92 Å². The maximum atomic E-state index is 5.38. The molecule has 0 spiro atoms. The summed E-state index contributed by atoms with van der Waals surface area (Å²) in [4.78, 5) is 0. The molecule has 0 unspecified atom stereocenters. The predicted octanol–water partition coefficient (Wildman–Crippen LogP) is 2.50. The van der Waals surface area contributed by atoms with E-state index < -0.39 is 0 Å². The second-order valence-corrected chi connectivity index (χ2v) is 3.81. The van der Waals surface area contributed by atoms with E-state index in [-0.39, 0.29) is 0 Å². The fourth-order valence-electron chi connectivity index (χ4n) is 1.82. The number of methoxy groups -OCH3 is 1. The summed E-state index contributed by atoms with van der Waals surface area (Å²) in [6, 6.07) is 14.3. The van der Waals surface area contributed by atoms with Gasteiger partial charge in [-0.1, -0.05) is 12.1 Å². The lowest BCUT2D eigenvalue weighted by Gasteiger charge is -2.07. The van der Waals surface area contributed by atoms with Gasteiger partial charge in [0.15, 0.2) is 5.69 Å². The summed E-state index contributed by atoms with van der Waals surface area (Å²) in [7, 11) is 3.77. The topological polar surface area (TPSA) is 13.1 Å². The quantitative estimate of drug-likeness (QED) is 0.700. The van der Waals surface area contributed by atoms with Gasteiger partial charge in [-0.3, -0.25) is 0 Å². The van der Waals surface area contributed by atoms with Gasteiger partial charge in [-0.2, -0.15) is 4.57 Å². The van der Waals surface area contributed by atoms with Crippen LogP contribution in [0.2, 0.25) is 0 Å². The van der Waals surface area contributed by atoms with Gasteiger partial charge in [-0.25, -0.2) is 0 Å². The summed E-state index contributed by atoms with van der Waals surface area (Å²) in [5, 5.41) is 0. The second kappa shape index (κ2) is 4.35. The summed E-state index contributed by atoms with van der Waals surface area (Å²) in [6.45, 7) is 2.10. The molecule has 0 bridgehead atoms. The summed E-state index contributed by atoms with van der Waals surface area (Å²) < 4.78 is 7.55. The van der Waals surface area contributed by atoms with Gasteiger partial charge >= 0.3 is 0 Å². The Morgan fingerprint density at radius 3 is 2.50 bits per heavy atom. The van der Waals surface area contributed by atoms with Gasteiger partial charge in [0.1, 0.15) is 12.8 Å². The Labute approximate surface area is 96.1 Å². The summed E-state index contributed by atoms with van der Waals surface area (Å²) in [6.07, 6.45) is 0. The van der Waals surface area contributed by atoms with Gasteiger partial charge in [-0.05, 0) is 18.2 Å². The van der Waals surface area contributed by atoms with Crippen LogP contribution in [-0.2, 0) is 7.05 Å². The zero-order valence-corrected chi connectivity index (χ0v) is 9.90. The lowest BCUT2D eigenvalue weighted by Crippen LogP contribution is -2.34. The molecule has 0 aliphatic carbocycles. The minimum absolute atomic E-state index is 0.906. The van der Waals surface area contributed by atoms with Crippen LogP contribution in [0.4, 0.5) is 0 Å². The highest BCUT2D eigenvalue weighted by Gasteiger charge is 2.14. The Balaban J connectivity index is 2.63. The standard InChI is InChI=1S/C14H16NO/c1-11-7-6-9-13(15(11)2)12-8-4-5-10-14(12)16-3/h4-10H,1-3H3/q+1. The zero-order chi connectivity index (χ0) is 11.5. The van der Waals surface area contributed by atoms with Crippen molar-refractivity contribution >= 4 is 0 Å². The van der Waals surface area contributed by atoms with Crippen LogP contribution < -0.4 is 9.30 Å². The van der Waals surface area contributed by atoms with Crippen molar-refractivity contribution in [3.8, 4) is 17.0 Å². The van der Waals surface area contributed by atoms with Gasteiger partial charge in [-0.15, -0.1) is 0 Å². The fraction of sp³-hybridized carbons (Fsp3) is 0.214. The molecule has 0 saturated carbocycles. The van der Waals surface area contributed by atoms with Crippen LogP contribution in [0.1, 0.15) is 5.69 Å². The van der Waals surface area contributed by atoms with Crippen LogP contribution >= 0.6 is 0 Å². The van der Waals surface area contributed by atoms with E-state index in [4.69, 9.17) is 4.74 Å². The fourth-order valence-corrected chi connectivity index (χ4v) is 1.82. The van der Waals surface area contributed by atoms with Crippen LogP contribution in [0, 0.1) is 6.92 Å². The monoisotopic (exact) mass is 214 g/mol. The molecule has 0 fully saturated rings. The Hall–Kier alpha value is -1.83. The van der Waals surface area contributed by atoms with Crippen LogP contribution in [0.5, 0.6) is 5.75 Å². The van der Waals surface area contributed by atoms with Crippen molar-refractivity contribution in [3.63, 3.8) is 0 Å². The molecule has 1 aromatic heterocycles. The normalized spacial score (nSPS) is 10.2. The SMILES string of the molecule is COc1ccccc1-c1cccc(C)[n+]1C. The number of pyridine rings is 1. The predicted molar refractivity (Wildman–Crippen MR) is 64.3 cm³/mol. The Kier molecular flexibility index (Phi) is 2.91. The molecular formula is C14H16NO+. The summed E-state index contributed by atoms with van der Waals surface area (Å²) in [5.74, 6) is 0.906. The number of hydrogen-bond acceptors (Lipinski definition) is 1. The van der Waals surface area contributed by atoms with Gasteiger partial charge in [0.25, 0.3) is 0 Å². The Bertz CT molecular complexity index is 506. The maximum Gasteiger partial charge on any atom is 0.216 e. The van der Waals surface area contributed by atoms with Crippen molar-refractivity contribution in [3.05, 3.63) is 48.2 Å². The van der Waals surface area contributed by atoms with Gasteiger partial charge in [0.05, 0.1) is 12.7 Å². The third-order valence-electron chi connectivity index (χ3n) is 2.86. The lowest BCUT2D eigenvalue weighted by atomic mass is 10.1. The Morgan fingerprint density at radius 2 is 1.75 bits per heavy atom. The Morgan fingerprint density at radius 1 is 1.00 bits per heavy atom. The minimum Gasteiger partial charge on any atom is -0.496 e. The van der Waals surface area contributed by atoms with Crippen LogP contribution in [0.25, 0.3) is 11.3 Å². The first-order valence-corrected chi connectivity index (χ1v) is 5.33. The smallest absolute Gasteiger partial charge is 0.216 e. The first-order chi connectivity index (χ1) is 7.74. The van der Waals surface area contributed by atoms with Crippen molar-refractivity contribution in [1.29, 1.82) is 0 Å². The molecule has 0 saturated heterocycles. The average Bonchev–Trinajstić information content (AvgIpc) is 2.33. The van der Waals surface area contributed by atoms with E-state index in [1.165, 1.54) is 5.69 Å². The molecule has 0 radical (unpaired) electrons. The number of rotatable bonds is 2. The average molecular weight is 214 g/mol. The third kappa shape index (κ3) is 1.78. The molecule has 2 rings (SSSR count). The number of aromatic nitrogens is 1. The van der Waals surface area contributed by atoms with E-state index >= 15 is 0 Å². The molecule has 0 aliphatic heterocycles. The molecule has 2 aromatic rings. The maximum absolute atomic E-state index is 5.38. The third-order valence-corrected chi connectivity index (χ3v) is 2.86. The molecule has 82 valence electrons. The largest absolute Gasteiger partial charge is 0.496 e. The van der Waals surface area contributed by atoms with Crippen molar-refractivity contribution in [1.82, 2.24) is 0 Å². The van der Waals surface area contributed by atoms with E-state index in [1.807, 2.05) is 18.2 Å². The molecule has 0 atom stereocenters. The van der Waals surface area contributed by atoms with Gasteiger partial charge < -0.3 is 4.74 Å². The summed E-state index contributed by atoms with van der Waals surface area (Å²) in [5.41, 5.74) is 3.51. The van der Waals surface area contributed by atoms with E-state index in [1.54, 1.807) is 7.11 Å². The minimum atomic E-state index is 0.906. The number of para-hydroxylation sites is 1. The van der Waals surface area contributed by atoms with Crippen molar-refractivity contribution in [2.24, 2.45) is 7.05 Å².